The smallest absolute Gasteiger partial charge is 0.143 e. The summed E-state index contributed by atoms with van der Waals surface area (Å²) in [6.07, 6.45) is -0.373. The molecule has 1 N–H and O–H groups in total. The largest absolute Gasteiger partial charge is 0.393 e. The number of halogens is 3. The van der Waals surface area contributed by atoms with Gasteiger partial charge in [0.25, 0.3) is 0 Å². The molecule has 0 amide bonds. The van der Waals surface area contributed by atoms with Crippen LogP contribution < -0.4 is 0 Å². The van der Waals surface area contributed by atoms with Crippen molar-refractivity contribution in [2.24, 2.45) is 0 Å². The number of rotatable bonds is 5. The average molecular weight is 355 g/mol. The van der Waals surface area contributed by atoms with E-state index in [2.05, 4.69) is 15.9 Å². The summed E-state index contributed by atoms with van der Waals surface area (Å²) in [7, 11) is 0. The van der Waals surface area contributed by atoms with Gasteiger partial charge in [-0.1, -0.05) is 37.3 Å². The van der Waals surface area contributed by atoms with Crippen LogP contribution >= 0.6 is 15.9 Å². The van der Waals surface area contributed by atoms with E-state index >= 15 is 0 Å². The molecule has 1 nitrogen and oxygen atoms in total. The van der Waals surface area contributed by atoms with Crippen LogP contribution in [-0.2, 0) is 6.42 Å². The third-order valence-corrected chi connectivity index (χ3v) is 4.19. The van der Waals surface area contributed by atoms with Gasteiger partial charge in [-0.05, 0) is 46.0 Å². The number of hydrogen-bond acceptors (Lipinski definition) is 1. The summed E-state index contributed by atoms with van der Waals surface area (Å²) in [6, 6.07) is 12.3. The summed E-state index contributed by atoms with van der Waals surface area (Å²) in [5, 5.41) is 10.1. The molecule has 2 aromatic rings. The molecule has 0 spiro atoms. The van der Waals surface area contributed by atoms with Crippen LogP contribution in [0.5, 0.6) is 0 Å². The van der Waals surface area contributed by atoms with Crippen molar-refractivity contribution in [1.82, 2.24) is 0 Å². The second-order valence-corrected chi connectivity index (χ2v) is 6.08. The third kappa shape index (κ3) is 4.11. The highest BCUT2D eigenvalue weighted by molar-refractivity contribution is 9.10. The Morgan fingerprint density at radius 2 is 1.76 bits per heavy atom. The molecule has 0 radical (unpaired) electrons. The van der Waals surface area contributed by atoms with Crippen LogP contribution in [0.1, 0.15) is 30.4 Å². The quantitative estimate of drug-likeness (QED) is 0.762. The molecular weight excluding hydrogens is 338 g/mol. The molecule has 21 heavy (non-hydrogen) atoms. The Morgan fingerprint density at radius 1 is 1.10 bits per heavy atom. The van der Waals surface area contributed by atoms with E-state index in [1.165, 1.54) is 12.1 Å². The minimum atomic E-state index is -0.793. The van der Waals surface area contributed by atoms with Gasteiger partial charge < -0.3 is 5.11 Å². The highest BCUT2D eigenvalue weighted by Gasteiger charge is 2.18. The molecule has 0 aliphatic heterocycles. The topological polar surface area (TPSA) is 20.2 Å². The Balaban J connectivity index is 2.06. The fourth-order valence-electron chi connectivity index (χ4n) is 2.40. The Labute approximate surface area is 131 Å². The summed E-state index contributed by atoms with van der Waals surface area (Å²) >= 11 is 3.03. The zero-order valence-electron chi connectivity index (χ0n) is 11.7. The van der Waals surface area contributed by atoms with Crippen LogP contribution in [0.25, 0.3) is 0 Å². The van der Waals surface area contributed by atoms with Gasteiger partial charge in [0.15, 0.2) is 0 Å². The van der Waals surface area contributed by atoms with Gasteiger partial charge in [0.2, 0.25) is 0 Å². The molecule has 0 aromatic heterocycles. The van der Waals surface area contributed by atoms with E-state index in [0.717, 1.165) is 5.56 Å². The lowest BCUT2D eigenvalue weighted by Gasteiger charge is -2.17. The molecule has 0 fully saturated rings. The van der Waals surface area contributed by atoms with Gasteiger partial charge in [0.1, 0.15) is 11.6 Å². The Morgan fingerprint density at radius 3 is 2.43 bits per heavy atom. The monoisotopic (exact) mass is 354 g/mol. The predicted octanol–water partition coefficient (Wildman–Crippen LogP) is 4.82. The second kappa shape index (κ2) is 7.14. The normalized spacial score (nSPS) is 14.0. The van der Waals surface area contributed by atoms with Crippen molar-refractivity contribution in [2.75, 3.05) is 0 Å². The van der Waals surface area contributed by atoms with E-state index in [1.54, 1.807) is 0 Å². The Kier molecular flexibility index (Phi) is 5.48. The molecule has 4 heteroatoms. The van der Waals surface area contributed by atoms with Crippen LogP contribution in [0, 0.1) is 11.6 Å². The molecule has 0 saturated carbocycles. The van der Waals surface area contributed by atoms with E-state index in [9.17, 15) is 13.9 Å². The molecule has 0 bridgehead atoms. The van der Waals surface area contributed by atoms with Crippen LogP contribution in [-0.4, -0.2) is 11.2 Å². The van der Waals surface area contributed by atoms with Crippen molar-refractivity contribution in [3.05, 3.63) is 69.7 Å². The molecule has 0 aliphatic rings. The van der Waals surface area contributed by atoms with Gasteiger partial charge in [-0.2, -0.15) is 0 Å². The number of aliphatic hydroxyl groups excluding tert-OH is 1. The number of benzene rings is 2. The second-order valence-electron chi connectivity index (χ2n) is 5.23. The zero-order valence-corrected chi connectivity index (χ0v) is 13.3. The highest BCUT2D eigenvalue weighted by atomic mass is 79.9. The van der Waals surface area contributed by atoms with E-state index in [0.29, 0.717) is 6.42 Å². The van der Waals surface area contributed by atoms with Gasteiger partial charge in [-0.3, -0.25) is 0 Å². The highest BCUT2D eigenvalue weighted by Crippen LogP contribution is 2.26. The molecule has 0 aliphatic carbocycles. The fourth-order valence-corrected chi connectivity index (χ4v) is 2.77. The number of aliphatic hydroxyl groups is 1. The summed E-state index contributed by atoms with van der Waals surface area (Å²) < 4.78 is 27.8. The summed E-state index contributed by atoms with van der Waals surface area (Å²) in [4.78, 5) is 0. The lowest BCUT2D eigenvalue weighted by atomic mass is 9.92. The zero-order chi connectivity index (χ0) is 15.4. The van der Waals surface area contributed by atoms with Crippen LogP contribution in [0.4, 0.5) is 8.78 Å². The Hall–Kier alpha value is -1.26. The van der Waals surface area contributed by atoms with E-state index in [4.69, 9.17) is 0 Å². The lowest BCUT2D eigenvalue weighted by molar-refractivity contribution is 0.155. The Bertz CT molecular complexity index is 601. The molecule has 2 rings (SSSR count). The van der Waals surface area contributed by atoms with E-state index in [-0.39, 0.29) is 22.4 Å². The predicted molar refractivity (Wildman–Crippen MR) is 83.2 cm³/mol. The fraction of sp³-hybridized carbons (Fsp3) is 0.294. The van der Waals surface area contributed by atoms with Gasteiger partial charge in [-0.25, -0.2) is 8.78 Å². The van der Waals surface area contributed by atoms with Gasteiger partial charge in [0, 0.05) is 12.0 Å². The van der Waals surface area contributed by atoms with Gasteiger partial charge in [0.05, 0.1) is 10.6 Å². The van der Waals surface area contributed by atoms with Crippen LogP contribution in [0.15, 0.2) is 46.9 Å². The lowest BCUT2D eigenvalue weighted by Crippen LogP contribution is -2.16. The SMILES string of the molecule is CC(CC(O)Cc1c(F)ccc(Br)c1F)c1ccccc1. The van der Waals surface area contributed by atoms with Crippen LogP contribution in [0.2, 0.25) is 0 Å². The van der Waals surface area contributed by atoms with Crippen molar-refractivity contribution in [3.8, 4) is 0 Å². The molecule has 112 valence electrons. The first-order valence-electron chi connectivity index (χ1n) is 6.84. The third-order valence-electron chi connectivity index (χ3n) is 3.57. The molecule has 0 heterocycles. The summed E-state index contributed by atoms with van der Waals surface area (Å²) in [5.41, 5.74) is 1.03. The standard InChI is InChI=1S/C17H17BrF2O/c1-11(12-5-3-2-4-6-12)9-13(21)10-14-16(19)8-7-15(18)17(14)20/h2-8,11,13,21H,9-10H2,1H3. The van der Waals surface area contributed by atoms with E-state index in [1.807, 2.05) is 37.3 Å². The van der Waals surface area contributed by atoms with Crippen LogP contribution in [0.3, 0.4) is 0 Å². The van der Waals surface area contributed by atoms with Crippen molar-refractivity contribution >= 4 is 15.9 Å². The van der Waals surface area contributed by atoms with Crippen molar-refractivity contribution in [2.45, 2.75) is 31.8 Å². The molecule has 2 atom stereocenters. The van der Waals surface area contributed by atoms with Crippen molar-refractivity contribution in [3.63, 3.8) is 0 Å². The van der Waals surface area contributed by atoms with Gasteiger partial charge >= 0.3 is 0 Å². The minimum absolute atomic E-state index is 0.0335. The molecule has 2 unspecified atom stereocenters. The summed E-state index contributed by atoms with van der Waals surface area (Å²) in [5.74, 6) is -1.14. The summed E-state index contributed by atoms with van der Waals surface area (Å²) in [6.45, 7) is 1.99. The molecule has 2 aromatic carbocycles. The first-order valence-corrected chi connectivity index (χ1v) is 7.63. The van der Waals surface area contributed by atoms with Crippen molar-refractivity contribution < 1.29 is 13.9 Å². The molecule has 0 saturated heterocycles. The first-order chi connectivity index (χ1) is 9.99. The number of hydrogen-bond donors (Lipinski definition) is 1. The van der Waals surface area contributed by atoms with E-state index < -0.39 is 17.7 Å². The maximum atomic E-state index is 13.9. The van der Waals surface area contributed by atoms with Crippen molar-refractivity contribution in [1.29, 1.82) is 0 Å². The maximum absolute atomic E-state index is 13.9. The van der Waals surface area contributed by atoms with Gasteiger partial charge in [-0.15, -0.1) is 0 Å². The first kappa shape index (κ1) is 16.1. The average Bonchev–Trinajstić information content (AvgIpc) is 2.48. The molecular formula is C17H17BrF2O. The minimum Gasteiger partial charge on any atom is -0.393 e. The maximum Gasteiger partial charge on any atom is 0.143 e.